The van der Waals surface area contributed by atoms with Crippen molar-refractivity contribution in [3.05, 3.63) is 30.1 Å². The molecule has 1 unspecified atom stereocenters. The van der Waals surface area contributed by atoms with Gasteiger partial charge >= 0.3 is 0 Å². The topological polar surface area (TPSA) is 36.9 Å². The zero-order chi connectivity index (χ0) is 15.8. The number of halogens is 2. The van der Waals surface area contributed by atoms with Crippen molar-refractivity contribution < 1.29 is 9.13 Å². The van der Waals surface area contributed by atoms with Crippen molar-refractivity contribution in [1.82, 2.24) is 10.2 Å². The first-order valence-electron chi connectivity index (χ1n) is 7.56. The van der Waals surface area contributed by atoms with E-state index in [-0.39, 0.29) is 29.8 Å². The average molecular weight is 453 g/mol. The van der Waals surface area contributed by atoms with Crippen molar-refractivity contribution in [3.63, 3.8) is 0 Å². The van der Waals surface area contributed by atoms with E-state index in [0.717, 1.165) is 44.4 Å². The number of guanidine groups is 1. The van der Waals surface area contributed by atoms with E-state index in [1.54, 1.807) is 20.2 Å². The van der Waals surface area contributed by atoms with Crippen LogP contribution < -0.4 is 5.32 Å². The predicted molar refractivity (Wildman–Crippen MR) is 105 cm³/mol. The summed E-state index contributed by atoms with van der Waals surface area (Å²) < 4.78 is 18.7. The summed E-state index contributed by atoms with van der Waals surface area (Å²) in [5.74, 6) is 2.15. The number of rotatable bonds is 6. The normalized spacial score (nSPS) is 18.0. The lowest BCUT2D eigenvalue weighted by Crippen LogP contribution is -2.41. The number of likely N-dealkylation sites (tertiary alicyclic amines) is 1. The summed E-state index contributed by atoms with van der Waals surface area (Å²) in [7, 11) is 3.55. The van der Waals surface area contributed by atoms with Crippen LogP contribution in [-0.4, -0.2) is 57.0 Å². The van der Waals surface area contributed by atoms with Crippen LogP contribution in [0.3, 0.4) is 0 Å². The number of nitrogens with one attached hydrogen (secondary N) is 1. The van der Waals surface area contributed by atoms with E-state index in [9.17, 15) is 4.39 Å². The minimum Gasteiger partial charge on any atom is -0.384 e. The van der Waals surface area contributed by atoms with Gasteiger partial charge in [0.1, 0.15) is 5.82 Å². The smallest absolute Gasteiger partial charge is 0.193 e. The Hall–Kier alpha value is -0.540. The molecule has 1 aliphatic rings. The van der Waals surface area contributed by atoms with Gasteiger partial charge in [-0.3, -0.25) is 4.99 Å². The van der Waals surface area contributed by atoms with Crippen LogP contribution >= 0.6 is 35.7 Å². The molecule has 1 aromatic carbocycles. The first-order chi connectivity index (χ1) is 10.7. The van der Waals surface area contributed by atoms with Gasteiger partial charge in [-0.15, -0.1) is 35.7 Å². The van der Waals surface area contributed by atoms with Crippen LogP contribution in [0.25, 0.3) is 0 Å². The molecule has 0 aliphatic carbocycles. The molecule has 130 valence electrons. The Morgan fingerprint density at radius 2 is 2.26 bits per heavy atom. The molecule has 0 bridgehead atoms. The summed E-state index contributed by atoms with van der Waals surface area (Å²) >= 11 is 1.52. The fourth-order valence-electron chi connectivity index (χ4n) is 2.61. The second-order valence-electron chi connectivity index (χ2n) is 5.31. The van der Waals surface area contributed by atoms with Gasteiger partial charge < -0.3 is 15.0 Å². The molecule has 0 radical (unpaired) electrons. The Bertz CT molecular complexity index is 504. The Labute approximate surface area is 159 Å². The molecular weight excluding hydrogens is 428 g/mol. The maximum Gasteiger partial charge on any atom is 0.193 e. The van der Waals surface area contributed by atoms with E-state index in [4.69, 9.17) is 4.74 Å². The molecule has 0 spiro atoms. The Morgan fingerprint density at radius 1 is 1.48 bits per heavy atom. The number of aliphatic imine (C=N–C) groups is 1. The number of nitrogens with zero attached hydrogens (tertiary/aromatic N) is 2. The summed E-state index contributed by atoms with van der Waals surface area (Å²) in [6.45, 7) is 3.55. The summed E-state index contributed by atoms with van der Waals surface area (Å²) in [5.41, 5.74) is 0. The predicted octanol–water partition coefficient (Wildman–Crippen LogP) is 3.08. The molecule has 0 amide bonds. The molecule has 4 nitrogen and oxygen atoms in total. The number of benzene rings is 1. The molecule has 2 rings (SSSR count). The van der Waals surface area contributed by atoms with Gasteiger partial charge in [0.2, 0.25) is 0 Å². The number of hydrogen-bond acceptors (Lipinski definition) is 3. The highest BCUT2D eigenvalue weighted by atomic mass is 127. The summed E-state index contributed by atoms with van der Waals surface area (Å²) in [4.78, 5) is 7.29. The number of ether oxygens (including phenoxy) is 1. The maximum absolute atomic E-state index is 13.5. The van der Waals surface area contributed by atoms with E-state index in [0.29, 0.717) is 10.8 Å². The van der Waals surface area contributed by atoms with Crippen LogP contribution in [0.5, 0.6) is 0 Å². The fourth-order valence-corrected chi connectivity index (χ4v) is 3.42. The van der Waals surface area contributed by atoms with Crippen molar-refractivity contribution in [2.45, 2.75) is 11.3 Å². The van der Waals surface area contributed by atoms with E-state index in [1.165, 1.54) is 17.8 Å². The SMILES string of the molecule is CN=C(NCCSc1ccccc1F)N1CCC(COC)C1.I. The van der Waals surface area contributed by atoms with Gasteiger partial charge in [0, 0.05) is 50.4 Å². The van der Waals surface area contributed by atoms with Crippen LogP contribution in [0.15, 0.2) is 34.2 Å². The highest BCUT2D eigenvalue weighted by molar-refractivity contribution is 14.0. The Kier molecular flexibility index (Phi) is 9.89. The monoisotopic (exact) mass is 453 g/mol. The van der Waals surface area contributed by atoms with Crippen LogP contribution in [0, 0.1) is 11.7 Å². The van der Waals surface area contributed by atoms with Gasteiger partial charge in [-0.25, -0.2) is 4.39 Å². The van der Waals surface area contributed by atoms with Crippen LogP contribution in [0.1, 0.15) is 6.42 Å². The third-order valence-corrected chi connectivity index (χ3v) is 4.73. The molecule has 7 heteroatoms. The van der Waals surface area contributed by atoms with Crippen molar-refractivity contribution in [1.29, 1.82) is 0 Å². The van der Waals surface area contributed by atoms with E-state index in [1.807, 2.05) is 12.1 Å². The van der Waals surface area contributed by atoms with Gasteiger partial charge in [0.05, 0.1) is 6.61 Å². The molecule has 0 saturated carbocycles. The lowest BCUT2D eigenvalue weighted by atomic mass is 10.1. The molecule has 1 atom stereocenters. The van der Waals surface area contributed by atoms with Gasteiger partial charge in [0.15, 0.2) is 5.96 Å². The van der Waals surface area contributed by atoms with Gasteiger partial charge in [-0.2, -0.15) is 0 Å². The zero-order valence-corrected chi connectivity index (χ0v) is 16.8. The number of thioether (sulfide) groups is 1. The molecule has 1 saturated heterocycles. The molecule has 1 heterocycles. The minimum atomic E-state index is -0.154. The van der Waals surface area contributed by atoms with Crippen molar-refractivity contribution in [2.24, 2.45) is 10.9 Å². The van der Waals surface area contributed by atoms with Crippen LogP contribution in [0.4, 0.5) is 4.39 Å². The highest BCUT2D eigenvalue weighted by Crippen LogP contribution is 2.20. The fraction of sp³-hybridized carbons (Fsp3) is 0.562. The largest absolute Gasteiger partial charge is 0.384 e. The first-order valence-corrected chi connectivity index (χ1v) is 8.55. The number of methoxy groups -OCH3 is 1. The standard InChI is InChI=1S/C16H24FN3OS.HI/c1-18-16(20-9-7-13(11-20)12-21-2)19-8-10-22-15-6-4-3-5-14(15)17;/h3-6,13H,7-12H2,1-2H3,(H,18,19);1H. The minimum absolute atomic E-state index is 0. The lowest BCUT2D eigenvalue weighted by molar-refractivity contribution is 0.157. The average Bonchev–Trinajstić information content (AvgIpc) is 2.98. The van der Waals surface area contributed by atoms with Crippen molar-refractivity contribution in [3.8, 4) is 0 Å². The molecule has 1 aromatic rings. The zero-order valence-electron chi connectivity index (χ0n) is 13.6. The molecular formula is C16H25FIN3OS. The highest BCUT2D eigenvalue weighted by Gasteiger charge is 2.24. The molecule has 1 N–H and O–H groups in total. The molecule has 0 aromatic heterocycles. The second-order valence-corrected chi connectivity index (χ2v) is 6.45. The third-order valence-electron chi connectivity index (χ3n) is 3.68. The Morgan fingerprint density at radius 3 is 2.96 bits per heavy atom. The van der Waals surface area contributed by atoms with E-state index in [2.05, 4.69) is 15.2 Å². The molecule has 1 fully saturated rings. The van der Waals surface area contributed by atoms with Crippen molar-refractivity contribution >= 4 is 41.7 Å². The van der Waals surface area contributed by atoms with Gasteiger partial charge in [0.25, 0.3) is 0 Å². The molecule has 1 aliphatic heterocycles. The number of hydrogen-bond donors (Lipinski definition) is 1. The summed E-state index contributed by atoms with van der Waals surface area (Å²) in [6, 6.07) is 6.88. The lowest BCUT2D eigenvalue weighted by Gasteiger charge is -2.21. The third kappa shape index (κ3) is 6.46. The maximum atomic E-state index is 13.5. The van der Waals surface area contributed by atoms with Gasteiger partial charge in [-0.05, 0) is 18.6 Å². The van der Waals surface area contributed by atoms with Crippen LogP contribution in [0.2, 0.25) is 0 Å². The Balaban J connectivity index is 0.00000264. The summed E-state index contributed by atoms with van der Waals surface area (Å²) in [6.07, 6.45) is 1.14. The first kappa shape index (κ1) is 20.5. The van der Waals surface area contributed by atoms with E-state index >= 15 is 0 Å². The summed E-state index contributed by atoms with van der Waals surface area (Å²) in [5, 5.41) is 3.36. The second kappa shape index (κ2) is 11.1. The molecule has 23 heavy (non-hydrogen) atoms. The van der Waals surface area contributed by atoms with E-state index < -0.39 is 0 Å². The van der Waals surface area contributed by atoms with Gasteiger partial charge in [-0.1, -0.05) is 12.1 Å². The quantitative estimate of drug-likeness (QED) is 0.236. The van der Waals surface area contributed by atoms with Crippen molar-refractivity contribution in [2.75, 3.05) is 46.2 Å². The van der Waals surface area contributed by atoms with Crippen LogP contribution in [-0.2, 0) is 4.74 Å².